The number of allylic oxidation sites excluding steroid dienone is 1. The van der Waals surface area contributed by atoms with Gasteiger partial charge in [-0.25, -0.2) is 0 Å². The number of aliphatic imine (C=N–C) groups is 1. The molecule has 3 rings (SSSR count). The number of benzene rings is 1. The highest BCUT2D eigenvalue weighted by atomic mass is 35.5. The van der Waals surface area contributed by atoms with E-state index in [2.05, 4.69) is 46.6 Å². The van der Waals surface area contributed by atoms with Gasteiger partial charge in [0.2, 0.25) is 0 Å². The van der Waals surface area contributed by atoms with Crippen molar-refractivity contribution < 1.29 is 4.74 Å². The summed E-state index contributed by atoms with van der Waals surface area (Å²) in [6, 6.07) is 10.1. The quantitative estimate of drug-likeness (QED) is 0.729. The second-order valence-electron chi connectivity index (χ2n) is 6.11. The van der Waals surface area contributed by atoms with Crippen LogP contribution in [-0.4, -0.2) is 28.3 Å². The SMILES string of the molecule is C=CCn1c(C)cc(C2=NNC(=NCc3ccc(OC)cc3)SC2)c1C.Cl. The van der Waals surface area contributed by atoms with Crippen LogP contribution in [0.5, 0.6) is 5.75 Å². The third-order valence-electron chi connectivity index (χ3n) is 4.39. The molecule has 2 aromatic rings. The third-order valence-corrected chi connectivity index (χ3v) is 5.30. The molecule has 27 heavy (non-hydrogen) atoms. The van der Waals surface area contributed by atoms with Crippen molar-refractivity contribution in [2.75, 3.05) is 12.9 Å². The number of rotatable bonds is 6. The summed E-state index contributed by atoms with van der Waals surface area (Å²) in [5.74, 6) is 1.67. The Kier molecular flexibility index (Phi) is 7.56. The Bertz CT molecular complexity index is 856. The van der Waals surface area contributed by atoms with E-state index >= 15 is 0 Å². The molecule has 1 aliphatic heterocycles. The van der Waals surface area contributed by atoms with E-state index in [1.54, 1.807) is 18.9 Å². The van der Waals surface area contributed by atoms with Crippen molar-refractivity contribution in [1.29, 1.82) is 0 Å². The number of methoxy groups -OCH3 is 1. The highest BCUT2D eigenvalue weighted by molar-refractivity contribution is 8.14. The van der Waals surface area contributed by atoms with E-state index in [-0.39, 0.29) is 12.4 Å². The van der Waals surface area contributed by atoms with Crippen LogP contribution in [0.4, 0.5) is 0 Å². The monoisotopic (exact) mass is 404 g/mol. The first-order chi connectivity index (χ1) is 12.6. The highest BCUT2D eigenvalue weighted by Crippen LogP contribution is 2.21. The van der Waals surface area contributed by atoms with Gasteiger partial charge in [-0.15, -0.1) is 19.0 Å². The molecule has 7 heteroatoms. The summed E-state index contributed by atoms with van der Waals surface area (Å²) in [4.78, 5) is 4.61. The number of hydrogen-bond donors (Lipinski definition) is 1. The molecule has 0 saturated carbocycles. The lowest BCUT2D eigenvalue weighted by Gasteiger charge is -2.15. The van der Waals surface area contributed by atoms with E-state index in [1.165, 1.54) is 17.0 Å². The van der Waals surface area contributed by atoms with Gasteiger partial charge in [0.1, 0.15) is 5.75 Å². The lowest BCUT2D eigenvalue weighted by Crippen LogP contribution is -2.25. The number of ether oxygens (including phenoxy) is 1. The summed E-state index contributed by atoms with van der Waals surface area (Å²) in [6.45, 7) is 9.53. The lowest BCUT2D eigenvalue weighted by molar-refractivity contribution is 0.414. The molecule has 0 unspecified atom stereocenters. The second-order valence-corrected chi connectivity index (χ2v) is 7.08. The van der Waals surface area contributed by atoms with Crippen LogP contribution in [0.2, 0.25) is 0 Å². The van der Waals surface area contributed by atoms with Crippen LogP contribution in [0.3, 0.4) is 0 Å². The molecule has 1 N–H and O–H groups in total. The maximum atomic E-state index is 5.18. The van der Waals surface area contributed by atoms with Crippen molar-refractivity contribution >= 4 is 35.0 Å². The minimum atomic E-state index is 0. The second kappa shape index (κ2) is 9.67. The molecule has 0 amide bonds. The molecule has 0 aliphatic carbocycles. The number of amidine groups is 1. The van der Waals surface area contributed by atoms with Crippen LogP contribution in [0.25, 0.3) is 0 Å². The van der Waals surface area contributed by atoms with Gasteiger partial charge < -0.3 is 9.30 Å². The largest absolute Gasteiger partial charge is 0.497 e. The Hall–Kier alpha value is -2.18. The van der Waals surface area contributed by atoms with Gasteiger partial charge in [0.15, 0.2) is 5.17 Å². The van der Waals surface area contributed by atoms with Crippen molar-refractivity contribution in [2.24, 2.45) is 10.1 Å². The number of nitrogens with one attached hydrogen (secondary N) is 1. The predicted octanol–water partition coefficient (Wildman–Crippen LogP) is 4.32. The number of nitrogens with zero attached hydrogens (tertiary/aromatic N) is 3. The summed E-state index contributed by atoms with van der Waals surface area (Å²) < 4.78 is 7.43. The molecule has 1 aromatic carbocycles. The van der Waals surface area contributed by atoms with Crippen LogP contribution < -0.4 is 10.2 Å². The number of thioether (sulfide) groups is 1. The number of aromatic nitrogens is 1. The fourth-order valence-electron chi connectivity index (χ4n) is 2.93. The summed E-state index contributed by atoms with van der Waals surface area (Å²) in [6.07, 6.45) is 1.92. The molecule has 0 spiro atoms. The summed E-state index contributed by atoms with van der Waals surface area (Å²) in [5.41, 5.74) is 8.94. The van der Waals surface area contributed by atoms with E-state index in [1.807, 2.05) is 30.3 Å². The molecule has 0 atom stereocenters. The van der Waals surface area contributed by atoms with Gasteiger partial charge >= 0.3 is 0 Å². The predicted molar refractivity (Wildman–Crippen MR) is 118 cm³/mol. The van der Waals surface area contributed by atoms with Gasteiger partial charge in [0.05, 0.1) is 19.4 Å². The smallest absolute Gasteiger partial charge is 0.177 e. The maximum Gasteiger partial charge on any atom is 0.177 e. The molecule has 0 saturated heterocycles. The maximum absolute atomic E-state index is 5.18. The number of aryl methyl sites for hydroxylation is 1. The Morgan fingerprint density at radius 3 is 2.67 bits per heavy atom. The van der Waals surface area contributed by atoms with Crippen LogP contribution in [0.1, 0.15) is 22.5 Å². The first kappa shape index (κ1) is 21.1. The van der Waals surface area contributed by atoms with Gasteiger partial charge in [-0.3, -0.25) is 10.4 Å². The molecule has 2 heterocycles. The van der Waals surface area contributed by atoms with E-state index in [4.69, 9.17) is 4.74 Å². The minimum Gasteiger partial charge on any atom is -0.497 e. The topological polar surface area (TPSA) is 50.9 Å². The fourth-order valence-corrected chi connectivity index (χ4v) is 3.69. The zero-order valence-corrected chi connectivity index (χ0v) is 17.5. The van der Waals surface area contributed by atoms with Crippen LogP contribution in [0, 0.1) is 13.8 Å². The van der Waals surface area contributed by atoms with Crippen molar-refractivity contribution in [2.45, 2.75) is 26.9 Å². The third kappa shape index (κ3) is 4.96. The average Bonchev–Trinajstić information content (AvgIpc) is 2.96. The van der Waals surface area contributed by atoms with Gasteiger partial charge in [-0.2, -0.15) is 5.10 Å². The average molecular weight is 405 g/mol. The molecule has 0 bridgehead atoms. The number of halogens is 1. The Balaban J connectivity index is 0.00000261. The van der Waals surface area contributed by atoms with Crippen LogP contribution in [-0.2, 0) is 13.1 Å². The van der Waals surface area contributed by atoms with Crippen LogP contribution in [0.15, 0.2) is 53.1 Å². The van der Waals surface area contributed by atoms with Gasteiger partial charge in [0, 0.05) is 29.2 Å². The van der Waals surface area contributed by atoms with Gasteiger partial charge in [0.25, 0.3) is 0 Å². The van der Waals surface area contributed by atoms with E-state index in [0.29, 0.717) is 6.54 Å². The highest BCUT2D eigenvalue weighted by Gasteiger charge is 2.18. The zero-order chi connectivity index (χ0) is 18.5. The number of hydrazone groups is 1. The molecule has 0 fully saturated rings. The summed E-state index contributed by atoms with van der Waals surface area (Å²) in [5, 5.41) is 5.40. The molecule has 5 nitrogen and oxygen atoms in total. The molecular weight excluding hydrogens is 380 g/mol. The van der Waals surface area contributed by atoms with Crippen molar-refractivity contribution in [3.05, 3.63) is 65.5 Å². The number of hydrogen-bond acceptors (Lipinski definition) is 4. The normalized spacial score (nSPS) is 14.9. The standard InChI is InChI=1S/C20H24N4OS.ClH/c1-5-10-24-14(2)11-18(15(24)3)19-13-26-20(23-22-19)21-12-16-6-8-17(25-4)9-7-16;/h5-9,11H,1,10,12-13H2,2-4H3,(H,21,23);1H. The van der Waals surface area contributed by atoms with Crippen LogP contribution >= 0.6 is 24.2 Å². The van der Waals surface area contributed by atoms with E-state index in [0.717, 1.165) is 34.5 Å². The first-order valence-corrected chi connectivity index (χ1v) is 9.51. The zero-order valence-electron chi connectivity index (χ0n) is 15.9. The molecule has 144 valence electrons. The summed E-state index contributed by atoms with van der Waals surface area (Å²) >= 11 is 1.68. The van der Waals surface area contributed by atoms with Gasteiger partial charge in [-0.1, -0.05) is 30.0 Å². The molecule has 1 aliphatic rings. The van der Waals surface area contributed by atoms with Crippen molar-refractivity contribution in [3.63, 3.8) is 0 Å². The Morgan fingerprint density at radius 1 is 1.33 bits per heavy atom. The Labute approximate surface area is 171 Å². The van der Waals surface area contributed by atoms with Gasteiger partial charge in [-0.05, 0) is 37.6 Å². The van der Waals surface area contributed by atoms with E-state index in [9.17, 15) is 0 Å². The molecule has 0 radical (unpaired) electrons. The molecular formula is C20H25ClN4OS. The minimum absolute atomic E-state index is 0. The fraction of sp³-hybridized carbons (Fsp3) is 0.300. The lowest BCUT2D eigenvalue weighted by atomic mass is 10.1. The Morgan fingerprint density at radius 2 is 2.07 bits per heavy atom. The summed E-state index contributed by atoms with van der Waals surface area (Å²) in [7, 11) is 1.67. The van der Waals surface area contributed by atoms with Crippen molar-refractivity contribution in [3.8, 4) is 5.75 Å². The van der Waals surface area contributed by atoms with E-state index < -0.39 is 0 Å². The van der Waals surface area contributed by atoms with Crippen molar-refractivity contribution in [1.82, 2.24) is 9.99 Å². The molecule has 1 aromatic heterocycles. The first-order valence-electron chi connectivity index (χ1n) is 8.53.